The first-order valence-corrected chi connectivity index (χ1v) is 3.68. The third kappa shape index (κ3) is 1.87. The standard InChI is InChI=1S/C5H8O3S/c1-7-2-5-8-4(6)3-9-5/h5H,2-3H2,1H3/t5-/m0/s1. The number of hydrogen-bond donors (Lipinski definition) is 0. The van der Waals surface area contributed by atoms with Gasteiger partial charge in [-0.2, -0.15) is 0 Å². The predicted octanol–water partition coefficient (Wildman–Crippen LogP) is 0.249. The van der Waals surface area contributed by atoms with Crippen molar-refractivity contribution in [3.8, 4) is 0 Å². The van der Waals surface area contributed by atoms with Crippen molar-refractivity contribution in [3.05, 3.63) is 0 Å². The summed E-state index contributed by atoms with van der Waals surface area (Å²) < 4.78 is 9.58. The minimum absolute atomic E-state index is 0.0671. The van der Waals surface area contributed by atoms with E-state index in [1.165, 1.54) is 11.8 Å². The Kier molecular flexibility index (Phi) is 2.36. The lowest BCUT2D eigenvalue weighted by Gasteiger charge is -2.04. The van der Waals surface area contributed by atoms with Crippen molar-refractivity contribution >= 4 is 17.7 Å². The maximum absolute atomic E-state index is 10.4. The van der Waals surface area contributed by atoms with Gasteiger partial charge in [-0.25, -0.2) is 0 Å². The molecule has 3 nitrogen and oxygen atoms in total. The molecule has 52 valence electrons. The number of rotatable bonds is 2. The predicted molar refractivity (Wildman–Crippen MR) is 34.2 cm³/mol. The summed E-state index contributed by atoms with van der Waals surface area (Å²) in [5.74, 6) is 0.329. The molecule has 0 spiro atoms. The zero-order valence-electron chi connectivity index (χ0n) is 5.12. The summed E-state index contributed by atoms with van der Waals surface area (Å²) in [6, 6.07) is 0. The summed E-state index contributed by atoms with van der Waals surface area (Å²) >= 11 is 1.48. The molecule has 1 aliphatic rings. The first kappa shape index (κ1) is 6.89. The number of carbonyl (C=O) groups excluding carboxylic acids is 1. The Morgan fingerprint density at radius 2 is 2.78 bits per heavy atom. The van der Waals surface area contributed by atoms with Gasteiger partial charge in [-0.15, -0.1) is 11.8 Å². The van der Waals surface area contributed by atoms with Crippen LogP contribution in [-0.4, -0.2) is 30.9 Å². The van der Waals surface area contributed by atoms with E-state index in [9.17, 15) is 4.79 Å². The Hall–Kier alpha value is -0.220. The summed E-state index contributed by atoms with van der Waals surface area (Å²) in [6.45, 7) is 0.496. The van der Waals surface area contributed by atoms with E-state index in [4.69, 9.17) is 9.47 Å². The highest BCUT2D eigenvalue weighted by Crippen LogP contribution is 2.20. The number of esters is 1. The Balaban J connectivity index is 2.22. The van der Waals surface area contributed by atoms with E-state index in [0.717, 1.165) is 0 Å². The SMILES string of the molecule is COC[C@H]1OC(=O)CS1. The third-order valence-corrected chi connectivity index (χ3v) is 1.96. The fraction of sp³-hybridized carbons (Fsp3) is 0.800. The van der Waals surface area contributed by atoms with E-state index >= 15 is 0 Å². The van der Waals surface area contributed by atoms with E-state index in [-0.39, 0.29) is 11.4 Å². The lowest BCUT2D eigenvalue weighted by Crippen LogP contribution is -2.10. The summed E-state index contributed by atoms with van der Waals surface area (Å²) in [5.41, 5.74) is -0.0671. The fourth-order valence-corrected chi connectivity index (χ4v) is 1.39. The molecule has 9 heavy (non-hydrogen) atoms. The monoisotopic (exact) mass is 148 g/mol. The van der Waals surface area contributed by atoms with Crippen LogP contribution in [-0.2, 0) is 14.3 Å². The number of methoxy groups -OCH3 is 1. The van der Waals surface area contributed by atoms with Gasteiger partial charge < -0.3 is 9.47 Å². The third-order valence-electron chi connectivity index (χ3n) is 0.953. The van der Waals surface area contributed by atoms with Crippen LogP contribution in [0.15, 0.2) is 0 Å². The van der Waals surface area contributed by atoms with Crippen LogP contribution in [0.25, 0.3) is 0 Å². The minimum atomic E-state index is -0.137. The van der Waals surface area contributed by atoms with Crippen LogP contribution in [0.4, 0.5) is 0 Å². The molecular formula is C5H8O3S. The highest BCUT2D eigenvalue weighted by Gasteiger charge is 2.23. The lowest BCUT2D eigenvalue weighted by atomic mass is 10.7. The Morgan fingerprint density at radius 1 is 2.00 bits per heavy atom. The summed E-state index contributed by atoms with van der Waals surface area (Å²) in [4.78, 5) is 10.4. The van der Waals surface area contributed by atoms with Gasteiger partial charge >= 0.3 is 5.97 Å². The van der Waals surface area contributed by atoms with Gasteiger partial charge in [0.1, 0.15) is 0 Å². The summed E-state index contributed by atoms with van der Waals surface area (Å²) in [7, 11) is 1.59. The van der Waals surface area contributed by atoms with Crippen LogP contribution in [0.3, 0.4) is 0 Å². The minimum Gasteiger partial charge on any atom is -0.448 e. The molecule has 1 rings (SSSR count). The lowest BCUT2D eigenvalue weighted by molar-refractivity contribution is -0.141. The van der Waals surface area contributed by atoms with Gasteiger partial charge in [0.05, 0.1) is 12.4 Å². The van der Waals surface area contributed by atoms with Crippen LogP contribution >= 0.6 is 11.8 Å². The van der Waals surface area contributed by atoms with Crippen LogP contribution in [0.2, 0.25) is 0 Å². The number of carbonyl (C=O) groups is 1. The van der Waals surface area contributed by atoms with Gasteiger partial charge in [-0.1, -0.05) is 0 Å². The van der Waals surface area contributed by atoms with Crippen molar-refractivity contribution in [2.75, 3.05) is 19.5 Å². The van der Waals surface area contributed by atoms with Crippen LogP contribution in [0.5, 0.6) is 0 Å². The van der Waals surface area contributed by atoms with Crippen molar-refractivity contribution in [1.29, 1.82) is 0 Å². The number of thioether (sulfide) groups is 1. The Bertz CT molecular complexity index is 115. The average Bonchev–Trinajstić information content (AvgIpc) is 2.17. The molecule has 0 saturated carbocycles. The Labute approximate surface area is 57.7 Å². The van der Waals surface area contributed by atoms with Gasteiger partial charge in [0.2, 0.25) is 0 Å². The van der Waals surface area contributed by atoms with E-state index in [1.54, 1.807) is 7.11 Å². The molecule has 0 radical (unpaired) electrons. The van der Waals surface area contributed by atoms with Gasteiger partial charge in [-0.3, -0.25) is 4.79 Å². The van der Waals surface area contributed by atoms with Crippen molar-refractivity contribution < 1.29 is 14.3 Å². The van der Waals surface area contributed by atoms with Crippen molar-refractivity contribution in [2.24, 2.45) is 0 Å². The first-order valence-electron chi connectivity index (χ1n) is 2.63. The molecule has 0 N–H and O–H groups in total. The van der Waals surface area contributed by atoms with Crippen molar-refractivity contribution in [2.45, 2.75) is 5.44 Å². The molecule has 1 heterocycles. The number of ether oxygens (including phenoxy) is 2. The fourth-order valence-electron chi connectivity index (χ4n) is 0.594. The smallest absolute Gasteiger partial charge is 0.317 e. The average molecular weight is 148 g/mol. The van der Waals surface area contributed by atoms with E-state index in [2.05, 4.69) is 0 Å². The largest absolute Gasteiger partial charge is 0.448 e. The number of hydrogen-bond acceptors (Lipinski definition) is 4. The first-order chi connectivity index (χ1) is 4.33. The van der Waals surface area contributed by atoms with Gasteiger partial charge in [0.25, 0.3) is 0 Å². The molecule has 1 aliphatic heterocycles. The second-order valence-corrected chi connectivity index (χ2v) is 2.83. The highest BCUT2D eigenvalue weighted by atomic mass is 32.2. The maximum atomic E-state index is 10.4. The van der Waals surface area contributed by atoms with E-state index < -0.39 is 0 Å². The molecule has 1 saturated heterocycles. The second kappa shape index (κ2) is 3.08. The molecular weight excluding hydrogens is 140 g/mol. The van der Waals surface area contributed by atoms with Crippen LogP contribution in [0.1, 0.15) is 0 Å². The van der Waals surface area contributed by atoms with Crippen molar-refractivity contribution in [3.63, 3.8) is 0 Å². The molecule has 0 bridgehead atoms. The second-order valence-electron chi connectivity index (χ2n) is 1.69. The summed E-state index contributed by atoms with van der Waals surface area (Å²) in [5, 5.41) is 0. The zero-order valence-corrected chi connectivity index (χ0v) is 5.94. The molecule has 4 heteroatoms. The van der Waals surface area contributed by atoms with Crippen LogP contribution in [0, 0.1) is 0 Å². The highest BCUT2D eigenvalue weighted by molar-refractivity contribution is 8.00. The molecule has 1 atom stereocenters. The molecule has 0 aromatic rings. The van der Waals surface area contributed by atoms with Crippen LogP contribution < -0.4 is 0 Å². The van der Waals surface area contributed by atoms with E-state index in [0.29, 0.717) is 12.4 Å². The molecule has 0 aromatic heterocycles. The van der Waals surface area contributed by atoms with Gasteiger partial charge in [0, 0.05) is 7.11 Å². The Morgan fingerprint density at radius 3 is 3.22 bits per heavy atom. The maximum Gasteiger partial charge on any atom is 0.317 e. The molecule has 0 aliphatic carbocycles. The van der Waals surface area contributed by atoms with Gasteiger partial charge in [-0.05, 0) is 0 Å². The quantitative estimate of drug-likeness (QED) is 0.526. The normalized spacial score (nSPS) is 26.3. The topological polar surface area (TPSA) is 35.5 Å². The molecule has 0 aromatic carbocycles. The summed E-state index contributed by atoms with van der Waals surface area (Å²) in [6.07, 6.45) is 0. The molecule has 0 amide bonds. The van der Waals surface area contributed by atoms with E-state index in [1.807, 2.05) is 0 Å². The zero-order chi connectivity index (χ0) is 6.69. The number of cyclic esters (lactones) is 1. The molecule has 0 unspecified atom stereocenters. The van der Waals surface area contributed by atoms with Gasteiger partial charge in [0.15, 0.2) is 5.44 Å². The van der Waals surface area contributed by atoms with Crippen molar-refractivity contribution in [1.82, 2.24) is 0 Å². The molecule has 1 fully saturated rings.